The summed E-state index contributed by atoms with van der Waals surface area (Å²) in [6, 6.07) is 15.4. The Morgan fingerprint density at radius 2 is 2.05 bits per heavy atom. The van der Waals surface area contributed by atoms with Gasteiger partial charge >= 0.3 is 0 Å². The van der Waals surface area contributed by atoms with Gasteiger partial charge in [-0.3, -0.25) is 0 Å². The van der Waals surface area contributed by atoms with Gasteiger partial charge in [-0.2, -0.15) is 0 Å². The summed E-state index contributed by atoms with van der Waals surface area (Å²) >= 11 is 6.41. The SMILES string of the molecule is CNC(CC1Cc2ccccc21)c1ccc(C)cc1Cl. The third kappa shape index (κ3) is 2.48. The van der Waals surface area contributed by atoms with Crippen LogP contribution in [0.25, 0.3) is 0 Å². The van der Waals surface area contributed by atoms with Crippen molar-refractivity contribution in [1.29, 1.82) is 0 Å². The Labute approximate surface area is 126 Å². The predicted octanol–water partition coefficient (Wildman–Crippen LogP) is 4.64. The Kier molecular flexibility index (Phi) is 3.82. The summed E-state index contributed by atoms with van der Waals surface area (Å²) in [6.07, 6.45) is 2.30. The molecule has 2 unspecified atom stereocenters. The molecule has 0 saturated heterocycles. The highest BCUT2D eigenvalue weighted by Crippen LogP contribution is 2.41. The molecular weight excluding hydrogens is 266 g/mol. The number of rotatable bonds is 4. The van der Waals surface area contributed by atoms with Gasteiger partial charge in [0.05, 0.1) is 0 Å². The number of fused-ring (bicyclic) bond motifs is 1. The van der Waals surface area contributed by atoms with Crippen LogP contribution >= 0.6 is 11.6 Å². The van der Waals surface area contributed by atoms with Crippen LogP contribution in [-0.4, -0.2) is 7.05 Å². The first-order valence-corrected chi connectivity index (χ1v) is 7.58. The van der Waals surface area contributed by atoms with Gasteiger partial charge in [0.25, 0.3) is 0 Å². The van der Waals surface area contributed by atoms with Crippen LogP contribution in [-0.2, 0) is 6.42 Å². The van der Waals surface area contributed by atoms with E-state index in [0.29, 0.717) is 12.0 Å². The molecule has 0 aliphatic heterocycles. The molecule has 0 saturated carbocycles. The van der Waals surface area contributed by atoms with Crippen molar-refractivity contribution in [1.82, 2.24) is 5.32 Å². The molecule has 0 heterocycles. The third-order valence-electron chi connectivity index (χ3n) is 4.36. The molecule has 1 aliphatic carbocycles. The Hall–Kier alpha value is -1.31. The lowest BCUT2D eigenvalue weighted by Crippen LogP contribution is -2.25. The lowest BCUT2D eigenvalue weighted by Gasteiger charge is -2.33. The Balaban J connectivity index is 1.79. The van der Waals surface area contributed by atoms with Gasteiger partial charge in [-0.15, -0.1) is 0 Å². The van der Waals surface area contributed by atoms with Crippen molar-refractivity contribution >= 4 is 11.6 Å². The smallest absolute Gasteiger partial charge is 0.0456 e. The van der Waals surface area contributed by atoms with E-state index in [-0.39, 0.29) is 0 Å². The number of halogens is 1. The Bertz CT molecular complexity index is 621. The van der Waals surface area contributed by atoms with Gasteiger partial charge in [-0.1, -0.05) is 48.0 Å². The van der Waals surface area contributed by atoms with E-state index in [0.717, 1.165) is 11.4 Å². The molecule has 0 radical (unpaired) electrons. The van der Waals surface area contributed by atoms with Crippen molar-refractivity contribution < 1.29 is 0 Å². The molecule has 1 nitrogen and oxygen atoms in total. The van der Waals surface area contributed by atoms with Gasteiger partial charge in [-0.25, -0.2) is 0 Å². The van der Waals surface area contributed by atoms with Crippen LogP contribution in [0.3, 0.4) is 0 Å². The van der Waals surface area contributed by atoms with Crippen molar-refractivity contribution in [3.05, 3.63) is 69.7 Å². The standard InChI is InChI=1S/C18H20ClN/c1-12-7-8-16(17(19)9-12)18(20-2)11-14-10-13-5-3-4-6-15(13)14/h3-9,14,18,20H,10-11H2,1-2H3. The molecule has 0 spiro atoms. The van der Waals surface area contributed by atoms with Crippen LogP contribution in [0.2, 0.25) is 5.02 Å². The summed E-state index contributed by atoms with van der Waals surface area (Å²) in [4.78, 5) is 0. The van der Waals surface area contributed by atoms with Crippen LogP contribution in [0.5, 0.6) is 0 Å². The van der Waals surface area contributed by atoms with E-state index in [1.807, 2.05) is 7.05 Å². The molecule has 0 fully saturated rings. The maximum Gasteiger partial charge on any atom is 0.0456 e. The first-order chi connectivity index (χ1) is 9.69. The fraction of sp³-hybridized carbons (Fsp3) is 0.333. The molecule has 0 aromatic heterocycles. The minimum Gasteiger partial charge on any atom is -0.313 e. The molecule has 104 valence electrons. The quantitative estimate of drug-likeness (QED) is 0.863. The van der Waals surface area contributed by atoms with Crippen LogP contribution < -0.4 is 5.32 Å². The van der Waals surface area contributed by atoms with Gasteiger partial charge < -0.3 is 5.32 Å². The van der Waals surface area contributed by atoms with Crippen molar-refractivity contribution in [3.63, 3.8) is 0 Å². The van der Waals surface area contributed by atoms with E-state index in [1.54, 1.807) is 0 Å². The molecule has 2 heteroatoms. The number of hydrogen-bond acceptors (Lipinski definition) is 1. The minimum atomic E-state index is 0.321. The second kappa shape index (κ2) is 5.59. The molecule has 2 aromatic carbocycles. The summed E-state index contributed by atoms with van der Waals surface area (Å²) in [5, 5.41) is 4.30. The summed E-state index contributed by atoms with van der Waals surface area (Å²) in [7, 11) is 2.02. The van der Waals surface area contributed by atoms with Crippen molar-refractivity contribution in [2.45, 2.75) is 31.7 Å². The molecule has 2 aromatic rings. The van der Waals surface area contributed by atoms with E-state index in [4.69, 9.17) is 11.6 Å². The zero-order chi connectivity index (χ0) is 14.1. The van der Waals surface area contributed by atoms with Gasteiger partial charge in [0, 0.05) is 11.1 Å². The fourth-order valence-corrected chi connectivity index (χ4v) is 3.54. The maximum atomic E-state index is 6.41. The van der Waals surface area contributed by atoms with Crippen LogP contribution in [0, 0.1) is 6.92 Å². The molecule has 1 N–H and O–H groups in total. The lowest BCUT2D eigenvalue weighted by atomic mass is 9.74. The average Bonchev–Trinajstić information content (AvgIpc) is 2.41. The van der Waals surface area contributed by atoms with Crippen LogP contribution in [0.4, 0.5) is 0 Å². The number of nitrogens with one attached hydrogen (secondary N) is 1. The van der Waals surface area contributed by atoms with E-state index in [2.05, 4.69) is 54.7 Å². The zero-order valence-corrected chi connectivity index (χ0v) is 12.7. The predicted molar refractivity (Wildman–Crippen MR) is 85.5 cm³/mol. The molecular formula is C18H20ClN. The van der Waals surface area contributed by atoms with Crippen molar-refractivity contribution in [2.24, 2.45) is 0 Å². The summed E-state index contributed by atoms with van der Waals surface area (Å²) < 4.78 is 0. The van der Waals surface area contributed by atoms with E-state index in [9.17, 15) is 0 Å². The van der Waals surface area contributed by atoms with Crippen molar-refractivity contribution in [3.8, 4) is 0 Å². The third-order valence-corrected chi connectivity index (χ3v) is 4.69. The van der Waals surface area contributed by atoms with Crippen LogP contribution in [0.1, 0.15) is 40.6 Å². The van der Waals surface area contributed by atoms with Crippen molar-refractivity contribution in [2.75, 3.05) is 7.05 Å². The summed E-state index contributed by atoms with van der Waals surface area (Å²) in [5.74, 6) is 0.654. The highest BCUT2D eigenvalue weighted by atomic mass is 35.5. The second-order valence-corrected chi connectivity index (χ2v) is 6.11. The van der Waals surface area contributed by atoms with Crippen LogP contribution in [0.15, 0.2) is 42.5 Å². The molecule has 1 aliphatic rings. The Morgan fingerprint density at radius 1 is 1.25 bits per heavy atom. The number of hydrogen-bond donors (Lipinski definition) is 1. The first-order valence-electron chi connectivity index (χ1n) is 7.20. The minimum absolute atomic E-state index is 0.321. The highest BCUT2D eigenvalue weighted by Gasteiger charge is 2.28. The van der Waals surface area contributed by atoms with Gasteiger partial charge in [0.15, 0.2) is 0 Å². The molecule has 20 heavy (non-hydrogen) atoms. The normalized spacial score (nSPS) is 18.2. The zero-order valence-electron chi connectivity index (χ0n) is 12.0. The lowest BCUT2D eigenvalue weighted by molar-refractivity contribution is 0.452. The molecule has 0 bridgehead atoms. The fourth-order valence-electron chi connectivity index (χ4n) is 3.17. The maximum absolute atomic E-state index is 6.41. The topological polar surface area (TPSA) is 12.0 Å². The van der Waals surface area contributed by atoms with E-state index in [1.165, 1.54) is 28.7 Å². The molecule has 2 atom stereocenters. The molecule has 3 rings (SSSR count). The number of aryl methyl sites for hydroxylation is 1. The monoisotopic (exact) mass is 285 g/mol. The van der Waals surface area contributed by atoms with Gasteiger partial charge in [0.1, 0.15) is 0 Å². The largest absolute Gasteiger partial charge is 0.313 e. The molecule has 0 amide bonds. The van der Waals surface area contributed by atoms with E-state index < -0.39 is 0 Å². The average molecular weight is 286 g/mol. The van der Waals surface area contributed by atoms with Gasteiger partial charge in [0.2, 0.25) is 0 Å². The summed E-state index contributed by atoms with van der Waals surface area (Å²) in [5.41, 5.74) is 5.44. The Morgan fingerprint density at radius 3 is 2.75 bits per heavy atom. The second-order valence-electron chi connectivity index (χ2n) is 5.70. The highest BCUT2D eigenvalue weighted by molar-refractivity contribution is 6.31. The van der Waals surface area contributed by atoms with E-state index >= 15 is 0 Å². The number of benzene rings is 2. The first kappa shape index (κ1) is 13.7. The summed E-state index contributed by atoms with van der Waals surface area (Å²) in [6.45, 7) is 2.08. The van der Waals surface area contributed by atoms with Gasteiger partial charge in [-0.05, 0) is 61.1 Å².